The number of hydrogen-bond donors (Lipinski definition) is 5. The molecule has 4 amide bonds. The number of aromatic hydroxyl groups is 1. The van der Waals surface area contributed by atoms with Crippen molar-refractivity contribution in [1.29, 1.82) is 0 Å². The third kappa shape index (κ3) is 9.27. The first kappa shape index (κ1) is 39.1. The molecule has 12 nitrogen and oxygen atoms in total. The number of carbonyl (C=O) groups is 5. The van der Waals surface area contributed by atoms with Gasteiger partial charge in [0.25, 0.3) is 0 Å². The fourth-order valence-corrected chi connectivity index (χ4v) is 9.48. The molecule has 52 heavy (non-hydrogen) atoms. The Kier molecular flexibility index (Phi) is 12.9. The van der Waals surface area contributed by atoms with E-state index in [2.05, 4.69) is 21.3 Å². The van der Waals surface area contributed by atoms with Crippen LogP contribution in [0.5, 0.6) is 5.75 Å². The van der Waals surface area contributed by atoms with Gasteiger partial charge in [0.15, 0.2) is 0 Å². The number of likely N-dealkylation sites (N-methyl/N-ethyl adjacent to an activating group) is 2. The van der Waals surface area contributed by atoms with E-state index in [1.54, 1.807) is 38.4 Å². The minimum absolute atomic E-state index is 0.131. The van der Waals surface area contributed by atoms with E-state index in [4.69, 9.17) is 4.74 Å². The zero-order chi connectivity index (χ0) is 37.5. The topological polar surface area (TPSA) is 166 Å². The lowest BCUT2D eigenvalue weighted by atomic mass is 9.47. The van der Waals surface area contributed by atoms with Crippen molar-refractivity contribution in [3.63, 3.8) is 0 Å². The summed E-state index contributed by atoms with van der Waals surface area (Å²) in [5.41, 5.74) is 0.590. The Labute approximate surface area is 310 Å². The molecule has 0 aliphatic heterocycles. The molecule has 2 unspecified atom stereocenters. The van der Waals surface area contributed by atoms with Crippen molar-refractivity contribution < 1.29 is 33.8 Å². The second-order valence-electron chi connectivity index (χ2n) is 15.0. The number of ether oxygens (including phenoxy) is 1. The molecule has 5 atom stereocenters. The molecule has 0 radical (unpaired) electrons. The molecular formula is C39H53N5O7S. The van der Waals surface area contributed by atoms with Crippen molar-refractivity contribution >= 4 is 41.4 Å². The fourth-order valence-electron chi connectivity index (χ4n) is 9.01. The summed E-state index contributed by atoms with van der Waals surface area (Å²) < 4.78 is 5.26. The van der Waals surface area contributed by atoms with E-state index in [-0.39, 0.29) is 36.5 Å². The second-order valence-corrected chi connectivity index (χ2v) is 16.0. The molecule has 2 aromatic carbocycles. The van der Waals surface area contributed by atoms with Crippen LogP contribution in [0.15, 0.2) is 54.6 Å². The first-order valence-corrected chi connectivity index (χ1v) is 19.5. The van der Waals surface area contributed by atoms with Gasteiger partial charge in [-0.15, -0.1) is 0 Å². The zero-order valence-corrected chi connectivity index (χ0v) is 31.4. The van der Waals surface area contributed by atoms with E-state index in [1.807, 2.05) is 36.6 Å². The number of carbonyl (C=O) groups excluding carboxylic acids is 5. The summed E-state index contributed by atoms with van der Waals surface area (Å²) in [4.78, 5) is 69.2. The van der Waals surface area contributed by atoms with E-state index in [9.17, 15) is 29.1 Å². The van der Waals surface area contributed by atoms with Crippen LogP contribution in [-0.2, 0) is 41.6 Å². The van der Waals surface area contributed by atoms with Crippen LogP contribution in [0.1, 0.15) is 56.1 Å². The molecule has 4 aliphatic rings. The predicted octanol–water partition coefficient (Wildman–Crippen LogP) is 2.57. The van der Waals surface area contributed by atoms with Crippen LogP contribution < -0.4 is 21.3 Å². The smallest absolute Gasteiger partial charge is 0.311 e. The maximum absolute atomic E-state index is 14.3. The molecule has 282 valence electrons. The number of nitrogens with one attached hydrogen (secondary N) is 4. The third-order valence-corrected chi connectivity index (χ3v) is 11.8. The van der Waals surface area contributed by atoms with Gasteiger partial charge in [0, 0.05) is 19.0 Å². The molecule has 5 N–H and O–H groups in total. The van der Waals surface area contributed by atoms with Gasteiger partial charge in [-0.05, 0) is 106 Å². The van der Waals surface area contributed by atoms with Gasteiger partial charge in [-0.2, -0.15) is 11.8 Å². The number of esters is 1. The van der Waals surface area contributed by atoms with Crippen LogP contribution >= 0.6 is 11.8 Å². The molecule has 13 heteroatoms. The average molecular weight is 736 g/mol. The van der Waals surface area contributed by atoms with Gasteiger partial charge >= 0.3 is 5.97 Å². The minimum atomic E-state index is -0.879. The van der Waals surface area contributed by atoms with Gasteiger partial charge in [0.1, 0.15) is 17.8 Å². The number of phenols is 1. The van der Waals surface area contributed by atoms with Gasteiger partial charge in [0.2, 0.25) is 23.6 Å². The Morgan fingerprint density at radius 2 is 1.56 bits per heavy atom. The Hall–Kier alpha value is -4.10. The highest BCUT2D eigenvalue weighted by molar-refractivity contribution is 7.98. The Morgan fingerprint density at radius 1 is 0.904 bits per heavy atom. The van der Waals surface area contributed by atoms with E-state index < -0.39 is 40.9 Å². The maximum Gasteiger partial charge on any atom is 0.311 e. The lowest BCUT2D eigenvalue weighted by Crippen LogP contribution is -2.67. The van der Waals surface area contributed by atoms with Gasteiger partial charge < -0.3 is 36.0 Å². The van der Waals surface area contributed by atoms with E-state index in [0.717, 1.165) is 43.2 Å². The van der Waals surface area contributed by atoms with Crippen LogP contribution in [0.25, 0.3) is 0 Å². The summed E-state index contributed by atoms with van der Waals surface area (Å²) in [6.07, 6.45) is 7.63. The molecular weight excluding hydrogens is 683 g/mol. The number of amides is 4. The minimum Gasteiger partial charge on any atom is -0.508 e. The number of methoxy groups -OCH3 is 1. The number of phenolic OH excluding ortho intramolecular Hbond substituents is 1. The highest BCUT2D eigenvalue weighted by atomic mass is 32.2. The molecule has 4 aliphatic carbocycles. The highest BCUT2D eigenvalue weighted by Gasteiger charge is 2.62. The Morgan fingerprint density at radius 3 is 2.17 bits per heavy atom. The van der Waals surface area contributed by atoms with Crippen LogP contribution in [0.2, 0.25) is 0 Å². The molecule has 0 spiro atoms. The molecule has 6 rings (SSSR count). The fraction of sp³-hybridized carbons (Fsp3) is 0.564. The third-order valence-electron chi connectivity index (χ3n) is 11.2. The molecule has 2 aromatic rings. The van der Waals surface area contributed by atoms with Crippen molar-refractivity contribution in [1.82, 2.24) is 26.2 Å². The molecule has 4 bridgehead atoms. The zero-order valence-electron chi connectivity index (χ0n) is 30.6. The molecule has 0 saturated heterocycles. The Balaban J connectivity index is 1.25. The summed E-state index contributed by atoms with van der Waals surface area (Å²) in [5, 5.41) is 21.5. The van der Waals surface area contributed by atoms with Gasteiger partial charge in [0.05, 0.1) is 25.1 Å². The van der Waals surface area contributed by atoms with Crippen LogP contribution in [0, 0.1) is 17.3 Å². The van der Waals surface area contributed by atoms with Crippen LogP contribution in [0.3, 0.4) is 0 Å². The monoisotopic (exact) mass is 735 g/mol. The first-order valence-electron chi connectivity index (χ1n) is 18.1. The van der Waals surface area contributed by atoms with Gasteiger partial charge in [-0.25, -0.2) is 0 Å². The van der Waals surface area contributed by atoms with Crippen molar-refractivity contribution in [2.24, 2.45) is 17.3 Å². The number of benzene rings is 2. The SMILES string of the molecule is CN[C@@H](Cc1ccc(O)cc1)C(=O)N[C@H](CCSC)C(=O)NCC(=O)N(C)[C@@H](Cc1ccccc1)C(=O)NC12CC3CC(C1)CC(C(=O)OC)(C3)C2. The number of nitrogens with zero attached hydrogens (tertiary/aromatic N) is 1. The normalized spacial score (nSPS) is 24.6. The summed E-state index contributed by atoms with van der Waals surface area (Å²) >= 11 is 1.54. The molecule has 0 heterocycles. The molecule has 4 saturated carbocycles. The standard InChI is InChI=1S/C39H53N5O7S/c1-40-31(17-26-10-12-29(45)13-11-26)35(48)42-30(14-15-52-4)34(47)41-23-33(46)44(2)32(18-25-8-6-5-7-9-25)36(49)43-39-21-27-16-28(22-39)20-38(19-27,24-39)37(50)51-3/h5-13,27-28,30-32,40,45H,14-24H2,1-4H3,(H,41,47)(H,42,48)(H,43,49)/t27?,28?,30-,31+,32+,38?,39?/m1/s1. The van der Waals surface area contributed by atoms with Crippen molar-refractivity contribution in [3.05, 3.63) is 65.7 Å². The summed E-state index contributed by atoms with van der Waals surface area (Å²) in [6.45, 7) is -0.358. The van der Waals surface area contributed by atoms with E-state index in [1.165, 1.54) is 23.8 Å². The lowest BCUT2D eigenvalue weighted by Gasteiger charge is -2.61. The number of rotatable bonds is 17. The lowest BCUT2D eigenvalue weighted by molar-refractivity contribution is -0.173. The van der Waals surface area contributed by atoms with Crippen LogP contribution in [0.4, 0.5) is 0 Å². The predicted molar refractivity (Wildman–Crippen MR) is 199 cm³/mol. The highest BCUT2D eigenvalue weighted by Crippen LogP contribution is 2.62. The summed E-state index contributed by atoms with van der Waals surface area (Å²) in [6, 6.07) is 13.7. The van der Waals surface area contributed by atoms with Crippen molar-refractivity contribution in [2.75, 3.05) is 39.8 Å². The molecule has 4 fully saturated rings. The molecule has 0 aromatic heterocycles. The van der Waals surface area contributed by atoms with Crippen molar-refractivity contribution in [3.8, 4) is 5.75 Å². The largest absolute Gasteiger partial charge is 0.508 e. The first-order chi connectivity index (χ1) is 24.9. The second kappa shape index (κ2) is 17.2. The Bertz CT molecular complexity index is 1580. The van der Waals surface area contributed by atoms with Crippen LogP contribution in [-0.4, -0.2) is 103 Å². The van der Waals surface area contributed by atoms with Gasteiger partial charge in [-0.3, -0.25) is 24.0 Å². The van der Waals surface area contributed by atoms with Crippen molar-refractivity contribution in [2.45, 2.75) is 81.5 Å². The summed E-state index contributed by atoms with van der Waals surface area (Å²) in [7, 11) is 4.67. The number of thioether (sulfide) groups is 1. The summed E-state index contributed by atoms with van der Waals surface area (Å²) in [5.74, 6) is -0.387. The maximum atomic E-state index is 14.3. The average Bonchev–Trinajstić information content (AvgIpc) is 3.12. The number of hydrogen-bond acceptors (Lipinski definition) is 9. The van der Waals surface area contributed by atoms with Gasteiger partial charge in [-0.1, -0.05) is 42.5 Å². The van der Waals surface area contributed by atoms with E-state index in [0.29, 0.717) is 36.9 Å². The van der Waals surface area contributed by atoms with E-state index >= 15 is 0 Å². The quantitative estimate of drug-likeness (QED) is 0.154.